The van der Waals surface area contributed by atoms with E-state index in [0.717, 1.165) is 0 Å². The zero-order valence-electron chi connectivity index (χ0n) is 7.17. The Labute approximate surface area is 78.6 Å². The van der Waals surface area contributed by atoms with E-state index in [2.05, 4.69) is 4.98 Å². The van der Waals surface area contributed by atoms with Gasteiger partial charge in [-0.3, -0.25) is 0 Å². The SMILES string of the molecule is Nc1nc(OC2COC2)c(F)cc1F. The van der Waals surface area contributed by atoms with E-state index in [1.807, 2.05) is 0 Å². The van der Waals surface area contributed by atoms with Crippen LogP contribution < -0.4 is 10.5 Å². The summed E-state index contributed by atoms with van der Waals surface area (Å²) in [5, 5.41) is 0. The van der Waals surface area contributed by atoms with E-state index in [1.165, 1.54) is 0 Å². The first kappa shape index (κ1) is 9.14. The zero-order valence-corrected chi connectivity index (χ0v) is 7.17. The summed E-state index contributed by atoms with van der Waals surface area (Å²) in [6.45, 7) is 0.775. The summed E-state index contributed by atoms with van der Waals surface area (Å²) < 4.78 is 35.6. The number of nitrogen functional groups attached to an aromatic ring is 1. The number of nitrogens with two attached hydrogens (primary N) is 1. The lowest BCUT2D eigenvalue weighted by molar-refractivity contribution is -0.0826. The Morgan fingerprint density at radius 1 is 1.43 bits per heavy atom. The van der Waals surface area contributed by atoms with Gasteiger partial charge in [0.05, 0.1) is 13.2 Å². The van der Waals surface area contributed by atoms with Crippen molar-refractivity contribution >= 4 is 5.82 Å². The number of nitrogens with zero attached hydrogens (tertiary/aromatic N) is 1. The van der Waals surface area contributed by atoms with Gasteiger partial charge in [-0.25, -0.2) is 8.78 Å². The summed E-state index contributed by atoms with van der Waals surface area (Å²) >= 11 is 0. The fourth-order valence-electron chi connectivity index (χ4n) is 0.986. The summed E-state index contributed by atoms with van der Waals surface area (Å²) in [6.07, 6.45) is -0.220. The highest BCUT2D eigenvalue weighted by Crippen LogP contribution is 2.21. The van der Waals surface area contributed by atoms with E-state index in [4.69, 9.17) is 15.2 Å². The second-order valence-electron chi connectivity index (χ2n) is 2.92. The number of pyridine rings is 1. The molecular weight excluding hydrogens is 194 g/mol. The Bertz CT molecular complexity index is 355. The van der Waals surface area contributed by atoms with E-state index in [0.29, 0.717) is 19.3 Å². The lowest BCUT2D eigenvalue weighted by Gasteiger charge is -2.26. The average molecular weight is 202 g/mol. The minimum Gasteiger partial charge on any atom is -0.467 e. The number of ether oxygens (including phenoxy) is 2. The normalized spacial score (nSPS) is 16.4. The van der Waals surface area contributed by atoms with E-state index in [1.54, 1.807) is 0 Å². The molecule has 0 saturated carbocycles. The van der Waals surface area contributed by atoms with Crippen molar-refractivity contribution in [2.45, 2.75) is 6.10 Å². The van der Waals surface area contributed by atoms with Crippen LogP contribution in [0.15, 0.2) is 6.07 Å². The van der Waals surface area contributed by atoms with Crippen LogP contribution in [0.4, 0.5) is 14.6 Å². The molecule has 0 bridgehead atoms. The molecule has 2 rings (SSSR count). The van der Waals surface area contributed by atoms with Crippen molar-refractivity contribution in [1.29, 1.82) is 0 Å². The van der Waals surface area contributed by atoms with E-state index >= 15 is 0 Å². The van der Waals surface area contributed by atoms with Gasteiger partial charge in [0.15, 0.2) is 17.5 Å². The van der Waals surface area contributed by atoms with Crippen molar-refractivity contribution in [3.8, 4) is 5.88 Å². The zero-order chi connectivity index (χ0) is 10.1. The van der Waals surface area contributed by atoms with Crippen molar-refractivity contribution in [2.75, 3.05) is 18.9 Å². The quantitative estimate of drug-likeness (QED) is 0.767. The smallest absolute Gasteiger partial charge is 0.253 e. The van der Waals surface area contributed by atoms with Crippen LogP contribution in [0.25, 0.3) is 0 Å². The molecule has 0 amide bonds. The molecule has 0 atom stereocenters. The molecule has 0 aromatic carbocycles. The van der Waals surface area contributed by atoms with Gasteiger partial charge in [0.25, 0.3) is 5.88 Å². The minimum absolute atomic E-state index is 0.220. The third-order valence-corrected chi connectivity index (χ3v) is 1.81. The molecule has 2 N–H and O–H groups in total. The standard InChI is InChI=1S/C8H8F2N2O2/c9-5-1-6(10)8(12-7(5)11)14-4-2-13-3-4/h1,4H,2-3H2,(H2,11,12). The number of hydrogen-bond acceptors (Lipinski definition) is 4. The van der Waals surface area contributed by atoms with Gasteiger partial charge in [0.2, 0.25) is 0 Å². The molecule has 0 spiro atoms. The largest absolute Gasteiger partial charge is 0.467 e. The van der Waals surface area contributed by atoms with Gasteiger partial charge in [0.1, 0.15) is 6.10 Å². The first-order valence-electron chi connectivity index (χ1n) is 4.02. The van der Waals surface area contributed by atoms with Crippen molar-refractivity contribution in [1.82, 2.24) is 4.98 Å². The molecule has 2 heterocycles. The van der Waals surface area contributed by atoms with Gasteiger partial charge in [-0.2, -0.15) is 4.98 Å². The molecule has 0 radical (unpaired) electrons. The van der Waals surface area contributed by atoms with Crippen LogP contribution in [-0.2, 0) is 4.74 Å². The number of aromatic nitrogens is 1. The molecule has 6 heteroatoms. The highest BCUT2D eigenvalue weighted by molar-refractivity contribution is 5.34. The first-order chi connectivity index (χ1) is 6.66. The average Bonchev–Trinajstić information content (AvgIpc) is 2.06. The van der Waals surface area contributed by atoms with Crippen molar-refractivity contribution < 1.29 is 18.3 Å². The Morgan fingerprint density at radius 2 is 2.14 bits per heavy atom. The van der Waals surface area contributed by atoms with Crippen LogP contribution in [0, 0.1) is 11.6 Å². The predicted molar refractivity (Wildman–Crippen MR) is 43.8 cm³/mol. The molecule has 76 valence electrons. The number of rotatable bonds is 2. The topological polar surface area (TPSA) is 57.4 Å². The molecule has 1 saturated heterocycles. The Hall–Kier alpha value is -1.43. The number of halogens is 2. The minimum atomic E-state index is -0.889. The molecule has 1 fully saturated rings. The fourth-order valence-corrected chi connectivity index (χ4v) is 0.986. The Morgan fingerprint density at radius 3 is 2.71 bits per heavy atom. The van der Waals surface area contributed by atoms with Gasteiger partial charge in [-0.15, -0.1) is 0 Å². The third kappa shape index (κ3) is 1.60. The molecular formula is C8H8F2N2O2. The van der Waals surface area contributed by atoms with E-state index in [-0.39, 0.29) is 17.8 Å². The maximum absolute atomic E-state index is 13.0. The lowest BCUT2D eigenvalue weighted by Crippen LogP contribution is -2.39. The highest BCUT2D eigenvalue weighted by atomic mass is 19.1. The summed E-state index contributed by atoms with van der Waals surface area (Å²) in [7, 11) is 0. The van der Waals surface area contributed by atoms with Crippen molar-refractivity contribution in [3.05, 3.63) is 17.7 Å². The van der Waals surface area contributed by atoms with Gasteiger partial charge in [-0.1, -0.05) is 0 Å². The third-order valence-electron chi connectivity index (χ3n) is 1.81. The van der Waals surface area contributed by atoms with Gasteiger partial charge >= 0.3 is 0 Å². The summed E-state index contributed by atoms with van der Waals surface area (Å²) in [5.41, 5.74) is 5.16. The van der Waals surface area contributed by atoms with Crippen LogP contribution in [0.2, 0.25) is 0 Å². The molecule has 14 heavy (non-hydrogen) atoms. The monoisotopic (exact) mass is 202 g/mol. The number of anilines is 1. The highest BCUT2D eigenvalue weighted by Gasteiger charge is 2.23. The molecule has 1 aromatic heterocycles. The first-order valence-corrected chi connectivity index (χ1v) is 4.02. The molecule has 0 aliphatic carbocycles. The maximum Gasteiger partial charge on any atom is 0.253 e. The summed E-state index contributed by atoms with van der Waals surface area (Å²) in [4.78, 5) is 3.44. The van der Waals surface area contributed by atoms with Crippen molar-refractivity contribution in [3.63, 3.8) is 0 Å². The summed E-state index contributed by atoms with van der Waals surface area (Å²) in [6, 6.07) is 0.650. The van der Waals surface area contributed by atoms with Crippen molar-refractivity contribution in [2.24, 2.45) is 0 Å². The van der Waals surface area contributed by atoms with Crippen LogP contribution >= 0.6 is 0 Å². The molecule has 1 aromatic rings. The second-order valence-corrected chi connectivity index (χ2v) is 2.92. The van der Waals surface area contributed by atoms with Crippen LogP contribution in [0.3, 0.4) is 0 Å². The Balaban J connectivity index is 2.19. The molecule has 4 nitrogen and oxygen atoms in total. The molecule has 0 unspecified atom stereocenters. The second kappa shape index (κ2) is 3.38. The Kier molecular flexibility index (Phi) is 2.20. The molecule has 1 aliphatic heterocycles. The summed E-state index contributed by atoms with van der Waals surface area (Å²) in [5.74, 6) is -2.40. The van der Waals surface area contributed by atoms with Crippen LogP contribution in [-0.4, -0.2) is 24.3 Å². The predicted octanol–water partition coefficient (Wildman–Crippen LogP) is 0.720. The van der Waals surface area contributed by atoms with Gasteiger partial charge in [0, 0.05) is 6.07 Å². The van der Waals surface area contributed by atoms with Gasteiger partial charge < -0.3 is 15.2 Å². The van der Waals surface area contributed by atoms with Crippen LogP contribution in [0.1, 0.15) is 0 Å². The number of hydrogen-bond donors (Lipinski definition) is 1. The van der Waals surface area contributed by atoms with E-state index in [9.17, 15) is 8.78 Å². The maximum atomic E-state index is 13.0. The van der Waals surface area contributed by atoms with E-state index < -0.39 is 11.6 Å². The van der Waals surface area contributed by atoms with Crippen LogP contribution in [0.5, 0.6) is 5.88 Å². The lowest BCUT2D eigenvalue weighted by atomic mass is 10.3. The van der Waals surface area contributed by atoms with Gasteiger partial charge in [-0.05, 0) is 0 Å². The fraction of sp³-hybridized carbons (Fsp3) is 0.375. The molecule has 1 aliphatic rings.